The lowest BCUT2D eigenvalue weighted by Crippen LogP contribution is -2.76. The van der Waals surface area contributed by atoms with Crippen molar-refractivity contribution in [3.63, 3.8) is 0 Å². The predicted octanol–water partition coefficient (Wildman–Crippen LogP) is 0.679. The van der Waals surface area contributed by atoms with E-state index < -0.39 is 104 Å². The maximum Gasteiger partial charge on any atom is 0.358 e. The van der Waals surface area contributed by atoms with E-state index in [9.17, 15) is 49.8 Å². The molecule has 0 radical (unpaired) electrons. The number of hydrogen-bond donors (Lipinski definition) is 6. The first-order valence-electron chi connectivity index (χ1n) is 14.2. The fourth-order valence-corrected chi connectivity index (χ4v) is 7.58. The minimum absolute atomic E-state index is 0.0607. The van der Waals surface area contributed by atoms with E-state index in [-0.39, 0.29) is 35.5 Å². The monoisotopic (exact) mass is 624 g/mol. The molecule has 0 unspecified atom stereocenters. The zero-order chi connectivity index (χ0) is 32.5. The number of benzene rings is 2. The van der Waals surface area contributed by atoms with Gasteiger partial charge in [0.05, 0.1) is 12.7 Å². The van der Waals surface area contributed by atoms with Gasteiger partial charge in [-0.2, -0.15) is 0 Å². The number of esters is 2. The summed E-state index contributed by atoms with van der Waals surface area (Å²) in [6, 6.07) is 4.86. The highest BCUT2D eigenvalue weighted by atomic mass is 16.6. The second-order valence-electron chi connectivity index (χ2n) is 12.3. The molecule has 2 bridgehead atoms. The van der Waals surface area contributed by atoms with Crippen LogP contribution in [0.2, 0.25) is 0 Å². The normalized spacial score (nSPS) is 36.1. The maximum absolute atomic E-state index is 13.9. The van der Waals surface area contributed by atoms with Gasteiger partial charge < -0.3 is 49.6 Å². The van der Waals surface area contributed by atoms with Gasteiger partial charge in [0.25, 0.3) is 11.2 Å². The van der Waals surface area contributed by atoms with Gasteiger partial charge in [0.2, 0.25) is 11.4 Å². The molecule has 3 heterocycles. The average molecular weight is 625 g/mol. The third-order valence-corrected chi connectivity index (χ3v) is 9.89. The highest BCUT2D eigenvalue weighted by Crippen LogP contribution is 2.58. The first-order valence-corrected chi connectivity index (χ1v) is 14.2. The molecule has 0 aromatic heterocycles. The van der Waals surface area contributed by atoms with Crippen LogP contribution >= 0.6 is 0 Å². The summed E-state index contributed by atoms with van der Waals surface area (Å²) in [5.74, 6) is -8.48. The predicted molar refractivity (Wildman–Crippen MR) is 147 cm³/mol. The third kappa shape index (κ3) is 3.13. The second-order valence-corrected chi connectivity index (χ2v) is 12.3. The van der Waals surface area contributed by atoms with Gasteiger partial charge in [0.15, 0.2) is 5.78 Å². The number of aliphatic hydroxyl groups is 4. The summed E-state index contributed by atoms with van der Waals surface area (Å²) in [6.45, 7) is 3.13. The summed E-state index contributed by atoms with van der Waals surface area (Å²) < 4.78 is 21.8. The summed E-state index contributed by atoms with van der Waals surface area (Å²) in [4.78, 5) is 53.0. The van der Waals surface area contributed by atoms with E-state index in [0.717, 1.165) is 7.11 Å². The van der Waals surface area contributed by atoms with Crippen molar-refractivity contribution in [1.82, 2.24) is 0 Å². The molecule has 1 saturated heterocycles. The molecular weight excluding hydrogens is 596 g/mol. The van der Waals surface area contributed by atoms with E-state index in [1.165, 1.54) is 31.2 Å². The fraction of sp³-hybridized carbons (Fsp3) is 0.419. The van der Waals surface area contributed by atoms with Crippen molar-refractivity contribution in [2.45, 2.75) is 61.8 Å². The lowest BCUT2D eigenvalue weighted by molar-refractivity contribution is -0.192. The van der Waals surface area contributed by atoms with Crippen LogP contribution in [0.4, 0.5) is 0 Å². The van der Waals surface area contributed by atoms with Gasteiger partial charge in [0.1, 0.15) is 58.2 Å². The van der Waals surface area contributed by atoms with Gasteiger partial charge in [-0.15, -0.1) is 0 Å². The topological polar surface area (TPSA) is 227 Å². The third-order valence-electron chi connectivity index (χ3n) is 9.89. The van der Waals surface area contributed by atoms with Crippen LogP contribution in [0, 0.1) is 11.8 Å². The van der Waals surface area contributed by atoms with Crippen molar-refractivity contribution in [3.8, 4) is 34.1 Å². The van der Waals surface area contributed by atoms with Crippen LogP contribution in [0.25, 0.3) is 16.9 Å². The minimum Gasteiger partial charge on any atom is -0.506 e. The summed E-state index contributed by atoms with van der Waals surface area (Å²) in [6.07, 6.45) is -4.90. The Hall–Kier alpha value is -4.66. The Labute approximate surface area is 254 Å². The Morgan fingerprint density at radius 1 is 0.889 bits per heavy atom. The SMILES string of the molecule is COC(=O)[C@@]12Oc3ccc(-c4ccc5c(c4O)C(=O)[C@@]4(O)[C@@H]6C[C@H](C)[C@H](O)[C@@]4(O5)C(=O)O6)c(O)c3C(O)=C1C(=O)C[C@@H](C)[C@H]2O. The smallest absolute Gasteiger partial charge is 0.358 e. The Balaban J connectivity index is 1.39. The lowest BCUT2D eigenvalue weighted by Gasteiger charge is -2.49. The van der Waals surface area contributed by atoms with Crippen LogP contribution in [0.5, 0.6) is 23.0 Å². The number of phenols is 2. The van der Waals surface area contributed by atoms with Gasteiger partial charge in [-0.25, -0.2) is 9.59 Å². The number of rotatable bonds is 2. The summed E-state index contributed by atoms with van der Waals surface area (Å²) >= 11 is 0. The molecule has 14 heteroatoms. The number of hydrogen-bond acceptors (Lipinski definition) is 14. The number of phenolic OH excluding ortho intramolecular Hbond substituents is 2. The molecular formula is C31H28O14. The number of carbonyl (C=O) groups excluding carboxylic acids is 4. The van der Waals surface area contributed by atoms with Crippen LogP contribution in [-0.2, 0) is 23.9 Å². The Bertz CT molecular complexity index is 1790. The van der Waals surface area contributed by atoms with Crippen molar-refractivity contribution in [2.24, 2.45) is 11.8 Å². The van der Waals surface area contributed by atoms with Gasteiger partial charge >= 0.3 is 11.9 Å². The van der Waals surface area contributed by atoms with Gasteiger partial charge in [-0.05, 0) is 42.5 Å². The lowest BCUT2D eigenvalue weighted by atomic mass is 9.62. The maximum atomic E-state index is 13.9. The summed E-state index contributed by atoms with van der Waals surface area (Å²) in [5, 5.41) is 67.8. The van der Waals surface area contributed by atoms with Crippen molar-refractivity contribution in [2.75, 3.05) is 7.11 Å². The second kappa shape index (κ2) is 8.96. The number of methoxy groups -OCH3 is 1. The molecule has 2 aliphatic carbocycles. The average Bonchev–Trinajstić information content (AvgIpc) is 3.15. The van der Waals surface area contributed by atoms with Crippen molar-refractivity contribution >= 4 is 29.3 Å². The molecule has 0 amide bonds. The van der Waals surface area contributed by atoms with E-state index in [0.29, 0.717) is 0 Å². The number of fused-ring (bicyclic) bond motifs is 3. The Morgan fingerprint density at radius 3 is 2.11 bits per heavy atom. The molecule has 45 heavy (non-hydrogen) atoms. The first-order chi connectivity index (χ1) is 21.2. The van der Waals surface area contributed by atoms with E-state index in [1.54, 1.807) is 6.92 Å². The molecule has 8 atom stereocenters. The van der Waals surface area contributed by atoms with Crippen molar-refractivity contribution < 1.29 is 68.8 Å². The highest BCUT2D eigenvalue weighted by Gasteiger charge is 2.81. The molecule has 2 saturated carbocycles. The van der Waals surface area contributed by atoms with Crippen LogP contribution < -0.4 is 9.47 Å². The van der Waals surface area contributed by atoms with Gasteiger partial charge in [-0.3, -0.25) is 9.59 Å². The number of carbonyl (C=O) groups is 4. The molecule has 3 aliphatic heterocycles. The summed E-state index contributed by atoms with van der Waals surface area (Å²) in [5.41, 5.74) is -9.52. The van der Waals surface area contributed by atoms with Crippen LogP contribution in [0.1, 0.15) is 42.6 Å². The number of ketones is 2. The fourth-order valence-electron chi connectivity index (χ4n) is 7.58. The number of Topliss-reactive ketones (excluding diaryl/α,β-unsaturated/α-hetero) is 2. The highest BCUT2D eigenvalue weighted by molar-refractivity contribution is 6.16. The minimum atomic E-state index is -2.68. The Kier molecular flexibility index (Phi) is 5.79. The quantitative estimate of drug-likeness (QED) is 0.253. The van der Waals surface area contributed by atoms with E-state index in [4.69, 9.17) is 18.9 Å². The first kappa shape index (κ1) is 29.1. The van der Waals surface area contributed by atoms with Gasteiger partial charge in [-0.1, -0.05) is 13.8 Å². The van der Waals surface area contributed by atoms with E-state index in [2.05, 4.69) is 0 Å². The zero-order valence-electron chi connectivity index (χ0n) is 24.1. The molecule has 236 valence electrons. The zero-order valence-corrected chi connectivity index (χ0v) is 24.1. The largest absolute Gasteiger partial charge is 0.506 e. The Morgan fingerprint density at radius 2 is 1.49 bits per heavy atom. The number of aliphatic hydroxyl groups excluding tert-OH is 3. The van der Waals surface area contributed by atoms with Crippen molar-refractivity contribution in [1.29, 1.82) is 0 Å². The van der Waals surface area contributed by atoms with Crippen molar-refractivity contribution in [3.05, 3.63) is 41.0 Å². The van der Waals surface area contributed by atoms with E-state index >= 15 is 0 Å². The molecule has 3 fully saturated rings. The molecule has 2 aromatic carbocycles. The molecule has 6 N–H and O–H groups in total. The van der Waals surface area contributed by atoms with Gasteiger partial charge in [0, 0.05) is 17.5 Å². The van der Waals surface area contributed by atoms with Crippen LogP contribution in [-0.4, -0.2) is 96.4 Å². The molecule has 7 rings (SSSR count). The van der Waals surface area contributed by atoms with Crippen LogP contribution in [0.15, 0.2) is 29.8 Å². The van der Waals surface area contributed by atoms with E-state index in [1.807, 2.05) is 0 Å². The molecule has 14 nitrogen and oxygen atoms in total. The standard InChI is InChI=1S/C31H28O14/c1-10-8-14(32)20-23(35)18-15(44-29(20,24(10)36)27(39)42-3)6-4-12(21(18)33)13-5-7-16-19(22(13)34)26(38)30(41)17-9-11(2)25(37)31(30,45-16)28(40)43-17/h4-7,10-11,17,24-25,33-37,41H,8-9H2,1-3H3/t10-,11+,17+,24-,25+,29-,30+,31-/m1/s1. The molecule has 0 spiro atoms. The molecule has 5 aliphatic rings. The number of ether oxygens (including phenoxy) is 4. The number of aromatic hydroxyl groups is 2. The molecule has 2 aromatic rings. The van der Waals surface area contributed by atoms with Crippen LogP contribution in [0.3, 0.4) is 0 Å². The summed E-state index contributed by atoms with van der Waals surface area (Å²) in [7, 11) is 1.02.